The zero-order valence-corrected chi connectivity index (χ0v) is 8.59. The van der Waals surface area contributed by atoms with Crippen LogP contribution in [-0.2, 0) is 14.8 Å². The molecular weight excluding hydrogens is 208 g/mol. The first-order chi connectivity index (χ1) is 6.56. The number of carbonyl (C=O) groups is 1. The Bertz CT molecular complexity index is 295. The predicted octanol–water partition coefficient (Wildman–Crippen LogP) is -0.692. The monoisotopic (exact) mass is 222 g/mol. The molecular formula is C7H14N2O4S. The molecule has 82 valence electrons. The van der Waals surface area contributed by atoms with Crippen LogP contribution in [0.15, 0.2) is 0 Å². The van der Waals surface area contributed by atoms with Gasteiger partial charge in [0.1, 0.15) is 5.75 Å². The Labute approximate surface area is 82.9 Å². The van der Waals surface area contributed by atoms with Crippen LogP contribution in [-0.4, -0.2) is 42.7 Å². The first-order valence-electron chi connectivity index (χ1n) is 4.47. The van der Waals surface area contributed by atoms with E-state index in [4.69, 9.17) is 5.21 Å². The third-order valence-electron chi connectivity index (χ3n) is 2.15. The maximum atomic E-state index is 11.5. The van der Waals surface area contributed by atoms with Crippen molar-refractivity contribution in [1.29, 1.82) is 0 Å². The van der Waals surface area contributed by atoms with Crippen LogP contribution in [0, 0.1) is 0 Å². The first-order valence-corrected chi connectivity index (χ1v) is 6.08. The first kappa shape index (κ1) is 11.4. The molecule has 2 N–H and O–H groups in total. The van der Waals surface area contributed by atoms with Crippen molar-refractivity contribution in [2.75, 3.05) is 18.8 Å². The Morgan fingerprint density at radius 2 is 1.86 bits per heavy atom. The summed E-state index contributed by atoms with van der Waals surface area (Å²) in [6.07, 6.45) is 2.69. The summed E-state index contributed by atoms with van der Waals surface area (Å²) >= 11 is 0. The van der Waals surface area contributed by atoms with Crippen LogP contribution in [0.25, 0.3) is 0 Å². The van der Waals surface area contributed by atoms with Gasteiger partial charge < -0.3 is 0 Å². The molecule has 1 aliphatic heterocycles. The van der Waals surface area contributed by atoms with E-state index in [2.05, 4.69) is 0 Å². The van der Waals surface area contributed by atoms with Crippen LogP contribution in [0.2, 0.25) is 0 Å². The smallest absolute Gasteiger partial charge is 0.259 e. The lowest BCUT2D eigenvalue weighted by Crippen LogP contribution is -2.41. The van der Waals surface area contributed by atoms with E-state index in [0.29, 0.717) is 13.1 Å². The topological polar surface area (TPSA) is 86.7 Å². The zero-order valence-electron chi connectivity index (χ0n) is 7.77. The van der Waals surface area contributed by atoms with Gasteiger partial charge in [-0.1, -0.05) is 6.42 Å². The fourth-order valence-electron chi connectivity index (χ4n) is 1.43. The van der Waals surface area contributed by atoms with Crippen molar-refractivity contribution in [1.82, 2.24) is 9.79 Å². The number of carbonyl (C=O) groups excluding carboxylic acids is 1. The normalized spacial score (nSPS) is 19.2. The highest BCUT2D eigenvalue weighted by molar-refractivity contribution is 7.89. The lowest BCUT2D eigenvalue weighted by molar-refractivity contribution is -0.126. The largest absolute Gasteiger partial charge is 0.289 e. The Morgan fingerprint density at radius 1 is 1.29 bits per heavy atom. The predicted molar refractivity (Wildman–Crippen MR) is 49.1 cm³/mol. The van der Waals surface area contributed by atoms with E-state index in [-0.39, 0.29) is 0 Å². The third-order valence-corrected chi connectivity index (χ3v) is 3.93. The van der Waals surface area contributed by atoms with Gasteiger partial charge in [0.25, 0.3) is 5.91 Å². The number of hydroxylamine groups is 1. The standard InChI is InChI=1S/C7H14N2O4S/c10-7(8-11)6-14(12,13)9-4-2-1-3-5-9/h11H,1-6H2,(H,8,10). The Morgan fingerprint density at radius 3 is 2.36 bits per heavy atom. The van der Waals surface area contributed by atoms with Crippen LogP contribution < -0.4 is 5.48 Å². The van der Waals surface area contributed by atoms with Crippen LogP contribution in [0.1, 0.15) is 19.3 Å². The molecule has 7 heteroatoms. The molecule has 0 unspecified atom stereocenters. The molecule has 0 saturated carbocycles. The molecule has 0 spiro atoms. The van der Waals surface area contributed by atoms with Gasteiger partial charge in [0.2, 0.25) is 10.0 Å². The number of rotatable bonds is 3. The van der Waals surface area contributed by atoms with Crippen molar-refractivity contribution >= 4 is 15.9 Å². The second kappa shape index (κ2) is 4.72. The SMILES string of the molecule is O=C(CS(=O)(=O)N1CCCCC1)NO. The quantitative estimate of drug-likeness (QED) is 0.488. The summed E-state index contributed by atoms with van der Waals surface area (Å²) in [5.41, 5.74) is 1.32. The number of amides is 1. The van der Waals surface area contributed by atoms with Gasteiger partial charge in [-0.2, -0.15) is 0 Å². The molecule has 6 nitrogen and oxygen atoms in total. The molecule has 1 aliphatic rings. The van der Waals surface area contributed by atoms with E-state index >= 15 is 0 Å². The summed E-state index contributed by atoms with van der Waals surface area (Å²) in [5.74, 6) is -1.57. The van der Waals surface area contributed by atoms with E-state index < -0.39 is 21.7 Å². The van der Waals surface area contributed by atoms with E-state index in [1.54, 1.807) is 0 Å². The summed E-state index contributed by atoms with van der Waals surface area (Å²) in [7, 11) is -3.53. The van der Waals surface area contributed by atoms with E-state index in [9.17, 15) is 13.2 Å². The highest BCUT2D eigenvalue weighted by atomic mass is 32.2. The average molecular weight is 222 g/mol. The molecule has 0 bridgehead atoms. The van der Waals surface area contributed by atoms with Crippen LogP contribution >= 0.6 is 0 Å². The fraction of sp³-hybridized carbons (Fsp3) is 0.857. The molecule has 14 heavy (non-hydrogen) atoms. The van der Waals surface area contributed by atoms with Crippen molar-refractivity contribution < 1.29 is 18.4 Å². The summed E-state index contributed by atoms with van der Waals surface area (Å²) in [6.45, 7) is 0.947. The summed E-state index contributed by atoms with van der Waals surface area (Å²) < 4.78 is 24.3. The molecule has 1 saturated heterocycles. The molecule has 1 amide bonds. The Balaban J connectivity index is 2.59. The van der Waals surface area contributed by atoms with E-state index in [1.165, 1.54) is 9.79 Å². The summed E-state index contributed by atoms with van der Waals surface area (Å²) in [6, 6.07) is 0. The van der Waals surface area contributed by atoms with Crippen LogP contribution in [0.4, 0.5) is 0 Å². The van der Waals surface area contributed by atoms with Crippen molar-refractivity contribution in [3.8, 4) is 0 Å². The molecule has 0 aromatic carbocycles. The van der Waals surface area contributed by atoms with Crippen LogP contribution in [0.5, 0.6) is 0 Å². The van der Waals surface area contributed by atoms with Gasteiger partial charge in [0.05, 0.1) is 0 Å². The van der Waals surface area contributed by atoms with Crippen molar-refractivity contribution in [2.24, 2.45) is 0 Å². The number of sulfonamides is 1. The van der Waals surface area contributed by atoms with Gasteiger partial charge in [0, 0.05) is 13.1 Å². The van der Waals surface area contributed by atoms with Gasteiger partial charge in [-0.05, 0) is 12.8 Å². The van der Waals surface area contributed by atoms with E-state index in [1.807, 2.05) is 0 Å². The lowest BCUT2D eigenvalue weighted by atomic mass is 10.2. The minimum absolute atomic E-state index is 0.473. The third kappa shape index (κ3) is 2.93. The minimum Gasteiger partial charge on any atom is -0.289 e. The Hall–Kier alpha value is -0.660. The second-order valence-electron chi connectivity index (χ2n) is 3.25. The van der Waals surface area contributed by atoms with Crippen molar-refractivity contribution in [3.05, 3.63) is 0 Å². The summed E-state index contributed by atoms with van der Waals surface area (Å²) in [4.78, 5) is 10.7. The van der Waals surface area contributed by atoms with Crippen molar-refractivity contribution in [3.63, 3.8) is 0 Å². The van der Waals surface area contributed by atoms with Crippen LogP contribution in [0.3, 0.4) is 0 Å². The molecule has 0 aromatic heterocycles. The van der Waals surface area contributed by atoms with Gasteiger partial charge in [-0.25, -0.2) is 18.2 Å². The number of nitrogens with zero attached hydrogens (tertiary/aromatic N) is 1. The van der Waals surface area contributed by atoms with Gasteiger partial charge in [0.15, 0.2) is 0 Å². The van der Waals surface area contributed by atoms with Crippen molar-refractivity contribution in [2.45, 2.75) is 19.3 Å². The number of hydrogen-bond donors (Lipinski definition) is 2. The molecule has 1 rings (SSSR count). The minimum atomic E-state index is -3.53. The van der Waals surface area contributed by atoms with Gasteiger partial charge >= 0.3 is 0 Å². The van der Waals surface area contributed by atoms with Gasteiger partial charge in [-0.3, -0.25) is 10.0 Å². The molecule has 0 aromatic rings. The zero-order chi connectivity index (χ0) is 10.6. The maximum absolute atomic E-state index is 11.5. The number of nitrogens with one attached hydrogen (secondary N) is 1. The number of hydrogen-bond acceptors (Lipinski definition) is 4. The fourth-order valence-corrected chi connectivity index (χ4v) is 2.83. The summed E-state index contributed by atoms with van der Waals surface area (Å²) in [5, 5.41) is 8.21. The molecule has 0 atom stereocenters. The average Bonchev–Trinajstić information content (AvgIpc) is 2.18. The molecule has 0 radical (unpaired) electrons. The van der Waals surface area contributed by atoms with Gasteiger partial charge in [-0.15, -0.1) is 0 Å². The highest BCUT2D eigenvalue weighted by Crippen LogP contribution is 2.12. The number of piperidine rings is 1. The molecule has 1 heterocycles. The molecule has 1 fully saturated rings. The highest BCUT2D eigenvalue weighted by Gasteiger charge is 2.26. The Kier molecular flexibility index (Phi) is 3.85. The molecule has 0 aliphatic carbocycles. The lowest BCUT2D eigenvalue weighted by Gasteiger charge is -2.25. The van der Waals surface area contributed by atoms with E-state index in [0.717, 1.165) is 19.3 Å². The maximum Gasteiger partial charge on any atom is 0.259 e. The second-order valence-corrected chi connectivity index (χ2v) is 5.22.